The molecule has 0 amide bonds. The molecule has 2 aliphatic carbocycles. The Balaban J connectivity index is 1.05. The number of furan rings is 2. The first-order valence-electron chi connectivity index (χ1n) is 21.3. The Morgan fingerprint density at radius 2 is 0.730 bits per heavy atom. The summed E-state index contributed by atoms with van der Waals surface area (Å²) in [6.07, 6.45) is 0. The number of benzene rings is 9. The molecular weight excluding hydrogens is 771 g/mol. The van der Waals surface area contributed by atoms with Gasteiger partial charge in [-0.3, -0.25) is 0 Å². The van der Waals surface area contributed by atoms with Crippen LogP contribution in [-0.4, -0.2) is 15.0 Å². The molecule has 12 aromatic rings. The molecule has 3 aromatic heterocycles. The highest BCUT2D eigenvalue weighted by molar-refractivity contribution is 6.09. The van der Waals surface area contributed by atoms with Gasteiger partial charge in [0, 0.05) is 32.7 Å². The number of rotatable bonds is 3. The lowest BCUT2D eigenvalue weighted by molar-refractivity contribution is 0.669. The molecule has 0 bridgehead atoms. The summed E-state index contributed by atoms with van der Waals surface area (Å²) in [6.45, 7) is 0. The first-order chi connectivity index (χ1) is 31.2. The predicted molar refractivity (Wildman–Crippen MR) is 252 cm³/mol. The lowest BCUT2D eigenvalue weighted by Crippen LogP contribution is -2.29. The second kappa shape index (κ2) is 12.8. The molecule has 5 heteroatoms. The Hall–Kier alpha value is -8.41. The van der Waals surface area contributed by atoms with Crippen LogP contribution in [0.15, 0.2) is 209 Å². The van der Waals surface area contributed by atoms with Crippen molar-refractivity contribution in [1.29, 1.82) is 0 Å². The number of hydrogen-bond donors (Lipinski definition) is 0. The monoisotopic (exact) mass is 803 g/mol. The molecular formula is C58H33N3O2. The fourth-order valence-electron chi connectivity index (χ4n) is 10.7. The van der Waals surface area contributed by atoms with Crippen molar-refractivity contribution >= 4 is 43.9 Å². The molecule has 0 atom stereocenters. The zero-order valence-electron chi connectivity index (χ0n) is 33.7. The highest BCUT2D eigenvalue weighted by Gasteiger charge is 2.49. The SMILES string of the molecule is c1ccc2c(c1)-c1ccccc1C1(c3ccccc3-2)c2ccccc2-c2ccc(-c3nc(-c4ccc5oc6ccccc6c5c4)nc(-c4cccc5c4oc4ccccc45)n3)cc21. The number of fused-ring (bicyclic) bond motifs is 18. The third kappa shape index (κ3) is 4.73. The third-order valence-electron chi connectivity index (χ3n) is 13.4. The van der Waals surface area contributed by atoms with Crippen LogP contribution in [0.4, 0.5) is 0 Å². The van der Waals surface area contributed by atoms with Crippen LogP contribution < -0.4 is 0 Å². The number of hydrogen-bond acceptors (Lipinski definition) is 5. The van der Waals surface area contributed by atoms with Gasteiger partial charge >= 0.3 is 0 Å². The molecule has 0 saturated heterocycles. The Labute approximate surface area is 361 Å². The average Bonchev–Trinajstić information content (AvgIpc) is 3.99. The molecule has 0 radical (unpaired) electrons. The van der Waals surface area contributed by atoms with Crippen molar-refractivity contribution in [2.45, 2.75) is 5.41 Å². The lowest BCUT2D eigenvalue weighted by atomic mass is 9.66. The van der Waals surface area contributed by atoms with Crippen molar-refractivity contribution in [2.75, 3.05) is 0 Å². The molecule has 63 heavy (non-hydrogen) atoms. The van der Waals surface area contributed by atoms with Crippen molar-refractivity contribution in [3.05, 3.63) is 222 Å². The Kier molecular flexibility index (Phi) is 6.97. The van der Waals surface area contributed by atoms with Crippen LogP contribution >= 0.6 is 0 Å². The second-order valence-corrected chi connectivity index (χ2v) is 16.6. The van der Waals surface area contributed by atoms with Crippen molar-refractivity contribution in [1.82, 2.24) is 15.0 Å². The zero-order valence-corrected chi connectivity index (χ0v) is 33.7. The van der Waals surface area contributed by atoms with Crippen LogP contribution in [-0.2, 0) is 5.41 Å². The Morgan fingerprint density at radius 1 is 0.286 bits per heavy atom. The van der Waals surface area contributed by atoms with Gasteiger partial charge in [-0.15, -0.1) is 0 Å². The van der Waals surface area contributed by atoms with Crippen LogP contribution in [0.3, 0.4) is 0 Å². The van der Waals surface area contributed by atoms with Crippen molar-refractivity contribution in [3.8, 4) is 67.5 Å². The van der Waals surface area contributed by atoms with Gasteiger partial charge in [-0.1, -0.05) is 158 Å². The van der Waals surface area contributed by atoms with E-state index in [0.29, 0.717) is 17.5 Å². The topological polar surface area (TPSA) is 65.0 Å². The number of nitrogens with zero attached hydrogens (tertiary/aromatic N) is 3. The summed E-state index contributed by atoms with van der Waals surface area (Å²) in [6, 6.07) is 71.2. The highest BCUT2D eigenvalue weighted by atomic mass is 16.3. The molecule has 3 heterocycles. The van der Waals surface area contributed by atoms with Crippen LogP contribution in [0.1, 0.15) is 22.3 Å². The molecule has 14 rings (SSSR count). The van der Waals surface area contributed by atoms with Gasteiger partial charge in [0.05, 0.1) is 11.0 Å². The maximum absolute atomic E-state index is 6.59. The highest BCUT2D eigenvalue weighted by Crippen LogP contribution is 2.61. The van der Waals surface area contributed by atoms with E-state index in [1.807, 2.05) is 54.6 Å². The molecule has 0 N–H and O–H groups in total. The summed E-state index contributed by atoms with van der Waals surface area (Å²) in [5.74, 6) is 1.68. The van der Waals surface area contributed by atoms with Crippen LogP contribution in [0.5, 0.6) is 0 Å². The summed E-state index contributed by atoms with van der Waals surface area (Å²) in [5, 5.41) is 4.12. The zero-order chi connectivity index (χ0) is 41.2. The summed E-state index contributed by atoms with van der Waals surface area (Å²) in [4.78, 5) is 16.0. The quantitative estimate of drug-likeness (QED) is 0.178. The van der Waals surface area contributed by atoms with Crippen LogP contribution in [0, 0.1) is 0 Å². The van der Waals surface area contributed by atoms with Gasteiger partial charge in [-0.2, -0.15) is 0 Å². The predicted octanol–water partition coefficient (Wildman–Crippen LogP) is 14.7. The van der Waals surface area contributed by atoms with E-state index >= 15 is 0 Å². The van der Waals surface area contributed by atoms with Gasteiger partial charge in [0.1, 0.15) is 22.3 Å². The summed E-state index contributed by atoms with van der Waals surface area (Å²) < 4.78 is 12.8. The fourth-order valence-corrected chi connectivity index (χ4v) is 10.7. The number of para-hydroxylation sites is 3. The molecule has 0 saturated carbocycles. The van der Waals surface area contributed by atoms with E-state index in [1.165, 1.54) is 55.6 Å². The largest absolute Gasteiger partial charge is 0.456 e. The Morgan fingerprint density at radius 3 is 1.40 bits per heavy atom. The smallest absolute Gasteiger partial charge is 0.167 e. The minimum absolute atomic E-state index is 0.538. The van der Waals surface area contributed by atoms with Gasteiger partial charge in [-0.05, 0) is 98.1 Å². The van der Waals surface area contributed by atoms with E-state index in [0.717, 1.165) is 60.6 Å². The van der Waals surface area contributed by atoms with Crippen LogP contribution in [0.2, 0.25) is 0 Å². The maximum Gasteiger partial charge on any atom is 0.167 e. The normalized spacial score (nSPS) is 13.2. The molecule has 2 aliphatic rings. The molecule has 9 aromatic carbocycles. The molecule has 292 valence electrons. The minimum Gasteiger partial charge on any atom is -0.456 e. The van der Waals surface area contributed by atoms with E-state index in [-0.39, 0.29) is 0 Å². The summed E-state index contributed by atoms with van der Waals surface area (Å²) in [5.41, 5.74) is 17.4. The van der Waals surface area contributed by atoms with Crippen molar-refractivity contribution < 1.29 is 8.83 Å². The van der Waals surface area contributed by atoms with E-state index in [4.69, 9.17) is 23.8 Å². The molecule has 0 aliphatic heterocycles. The minimum atomic E-state index is -0.639. The molecule has 1 spiro atoms. The van der Waals surface area contributed by atoms with Gasteiger partial charge in [0.15, 0.2) is 17.5 Å². The van der Waals surface area contributed by atoms with Gasteiger partial charge in [0.25, 0.3) is 0 Å². The Bertz CT molecular complexity index is 3830. The molecule has 5 nitrogen and oxygen atoms in total. The van der Waals surface area contributed by atoms with E-state index < -0.39 is 5.41 Å². The standard InChI is InChI=1S/C58H33N3O2/c1-2-15-37-36(14-1)38-16-3-8-23-47(38)58(48-24-9-4-17-39(37)48)49-25-10-5-18-40(49)41-30-28-35(33-50(41)58)56-59-55(34-29-31-53-46(32-34)43-20-7-11-26-51(43)62-53)60-57(61-56)45-22-13-21-44-42-19-6-12-27-52(42)63-54(44)45/h1-33H. The molecule has 0 fully saturated rings. The maximum atomic E-state index is 6.59. The van der Waals surface area contributed by atoms with Crippen molar-refractivity contribution in [2.24, 2.45) is 0 Å². The van der Waals surface area contributed by atoms with Gasteiger partial charge in [0.2, 0.25) is 0 Å². The second-order valence-electron chi connectivity index (χ2n) is 16.6. The van der Waals surface area contributed by atoms with E-state index in [9.17, 15) is 0 Å². The van der Waals surface area contributed by atoms with Gasteiger partial charge in [-0.25, -0.2) is 15.0 Å². The summed E-state index contributed by atoms with van der Waals surface area (Å²) >= 11 is 0. The van der Waals surface area contributed by atoms with Crippen molar-refractivity contribution in [3.63, 3.8) is 0 Å². The van der Waals surface area contributed by atoms with E-state index in [1.54, 1.807) is 0 Å². The van der Waals surface area contributed by atoms with Gasteiger partial charge < -0.3 is 8.83 Å². The lowest BCUT2D eigenvalue weighted by Gasteiger charge is -2.35. The van der Waals surface area contributed by atoms with Crippen LogP contribution in [0.25, 0.3) is 111 Å². The average molecular weight is 804 g/mol. The number of aromatic nitrogens is 3. The third-order valence-corrected chi connectivity index (χ3v) is 13.4. The first-order valence-corrected chi connectivity index (χ1v) is 21.3. The molecule has 0 unspecified atom stereocenters. The fraction of sp³-hybridized carbons (Fsp3) is 0.0172. The summed E-state index contributed by atoms with van der Waals surface area (Å²) in [7, 11) is 0. The van der Waals surface area contributed by atoms with E-state index in [2.05, 4.69) is 146 Å². The first kappa shape index (κ1) is 34.3.